The molecule has 112 valence electrons. The van der Waals surface area contributed by atoms with E-state index in [1.54, 1.807) is 0 Å². The summed E-state index contributed by atoms with van der Waals surface area (Å²) in [5.74, 6) is 0.313. The Morgan fingerprint density at radius 2 is 2.19 bits per heavy atom. The van der Waals surface area contributed by atoms with Gasteiger partial charge in [-0.2, -0.15) is 12.7 Å². The van der Waals surface area contributed by atoms with Crippen LogP contribution in [0.2, 0.25) is 0 Å². The van der Waals surface area contributed by atoms with E-state index in [9.17, 15) is 13.2 Å². The second kappa shape index (κ2) is 4.81. The number of carbonyl (C=O) groups excluding carboxylic acids is 1. The normalized spacial score (nSPS) is 19.8. The predicted octanol–water partition coefficient (Wildman–Crippen LogP) is 0.999. The summed E-state index contributed by atoms with van der Waals surface area (Å²) in [7, 11) is -3.74. The molecule has 1 aliphatic rings. The number of aromatic nitrogens is 2. The number of aryl methyl sites for hydroxylation is 1. The van der Waals surface area contributed by atoms with Crippen LogP contribution in [0.25, 0.3) is 11.0 Å². The highest BCUT2D eigenvalue weighted by atomic mass is 32.2. The molecule has 0 spiro atoms. The Labute approximate surface area is 122 Å². The lowest BCUT2D eigenvalue weighted by atomic mass is 10.0. The number of nitrogens with zero attached hydrogens (tertiary/aromatic N) is 2. The summed E-state index contributed by atoms with van der Waals surface area (Å²) in [5.41, 5.74) is 2.54. The molecular formula is C13H16N4O3S. The van der Waals surface area contributed by atoms with E-state index in [2.05, 4.69) is 9.97 Å². The maximum atomic E-state index is 12.0. The largest absolute Gasteiger partial charge is 0.342 e. The third-order valence-corrected chi connectivity index (χ3v) is 5.08. The van der Waals surface area contributed by atoms with Gasteiger partial charge in [-0.05, 0) is 31.0 Å². The lowest BCUT2D eigenvalue weighted by Gasteiger charge is -2.23. The first kappa shape index (κ1) is 14.0. The SMILES string of the molecule is CCC(c1ccc2nc(C)[nH]c2c1)N1CC(=O)NS1(=O)=O. The molecule has 21 heavy (non-hydrogen) atoms. The van der Waals surface area contributed by atoms with Crippen LogP contribution >= 0.6 is 0 Å². The van der Waals surface area contributed by atoms with Crippen LogP contribution in [0, 0.1) is 6.92 Å². The van der Waals surface area contributed by atoms with Gasteiger partial charge >= 0.3 is 10.2 Å². The van der Waals surface area contributed by atoms with E-state index < -0.39 is 16.1 Å². The molecule has 0 radical (unpaired) electrons. The van der Waals surface area contributed by atoms with Crippen molar-refractivity contribution in [2.45, 2.75) is 26.3 Å². The van der Waals surface area contributed by atoms with Gasteiger partial charge in [0.1, 0.15) is 5.82 Å². The van der Waals surface area contributed by atoms with Gasteiger partial charge in [0, 0.05) is 0 Å². The molecule has 0 aliphatic carbocycles. The molecule has 1 atom stereocenters. The first-order valence-electron chi connectivity index (χ1n) is 6.69. The van der Waals surface area contributed by atoms with Gasteiger partial charge in [-0.15, -0.1) is 0 Å². The molecule has 1 aromatic heterocycles. The van der Waals surface area contributed by atoms with E-state index in [0.717, 1.165) is 22.4 Å². The van der Waals surface area contributed by atoms with Crippen molar-refractivity contribution in [3.05, 3.63) is 29.6 Å². The molecule has 1 unspecified atom stereocenters. The molecule has 3 rings (SSSR count). The molecule has 2 aromatic rings. The number of hydrogen-bond acceptors (Lipinski definition) is 4. The fourth-order valence-corrected chi connectivity index (χ4v) is 4.07. The Morgan fingerprint density at radius 3 is 2.81 bits per heavy atom. The quantitative estimate of drug-likeness (QED) is 0.884. The van der Waals surface area contributed by atoms with Crippen molar-refractivity contribution in [2.75, 3.05) is 6.54 Å². The van der Waals surface area contributed by atoms with Gasteiger partial charge in [0.15, 0.2) is 0 Å². The zero-order valence-corrected chi connectivity index (χ0v) is 12.6. The van der Waals surface area contributed by atoms with Gasteiger partial charge in [-0.1, -0.05) is 13.0 Å². The van der Waals surface area contributed by atoms with Crippen LogP contribution in [0.5, 0.6) is 0 Å². The van der Waals surface area contributed by atoms with Crippen LogP contribution in [0.1, 0.15) is 30.8 Å². The summed E-state index contributed by atoms with van der Waals surface area (Å²) >= 11 is 0. The highest BCUT2D eigenvalue weighted by Crippen LogP contribution is 2.30. The van der Waals surface area contributed by atoms with Gasteiger partial charge < -0.3 is 4.98 Å². The number of nitrogens with one attached hydrogen (secondary N) is 2. The van der Waals surface area contributed by atoms with Gasteiger partial charge in [0.2, 0.25) is 5.91 Å². The van der Waals surface area contributed by atoms with Crippen molar-refractivity contribution < 1.29 is 13.2 Å². The molecule has 2 heterocycles. The molecule has 1 amide bonds. The standard InChI is InChI=1S/C13H16N4O3S/c1-3-12(17-7-13(18)16-21(17,19)20)9-4-5-10-11(6-9)15-8(2)14-10/h4-6,12H,3,7H2,1-2H3,(H,14,15)(H,16,18). The fraction of sp³-hybridized carbons (Fsp3) is 0.385. The second-order valence-corrected chi connectivity index (χ2v) is 6.72. The number of fused-ring (bicyclic) bond motifs is 1. The molecule has 1 saturated heterocycles. The summed E-state index contributed by atoms with van der Waals surface area (Å²) in [6.45, 7) is 3.62. The Kier molecular flexibility index (Phi) is 3.22. The summed E-state index contributed by atoms with van der Waals surface area (Å²) in [6.07, 6.45) is 0.576. The first-order valence-corrected chi connectivity index (χ1v) is 8.13. The van der Waals surface area contributed by atoms with Crippen LogP contribution in [0.3, 0.4) is 0 Å². The number of aromatic amines is 1. The van der Waals surface area contributed by atoms with Crippen LogP contribution in [0.4, 0.5) is 0 Å². The lowest BCUT2D eigenvalue weighted by molar-refractivity contribution is -0.118. The number of H-pyrrole nitrogens is 1. The maximum Gasteiger partial charge on any atom is 0.304 e. The zero-order valence-electron chi connectivity index (χ0n) is 11.8. The first-order chi connectivity index (χ1) is 9.90. The summed E-state index contributed by atoms with van der Waals surface area (Å²) in [4.78, 5) is 18.8. The molecule has 7 nitrogen and oxygen atoms in total. The van der Waals surface area contributed by atoms with E-state index in [1.807, 2.05) is 36.8 Å². The maximum absolute atomic E-state index is 12.0. The number of benzene rings is 1. The molecule has 0 bridgehead atoms. The molecule has 1 aliphatic heterocycles. The van der Waals surface area contributed by atoms with Gasteiger partial charge in [-0.25, -0.2) is 9.71 Å². The van der Waals surface area contributed by atoms with Crippen LogP contribution in [0.15, 0.2) is 18.2 Å². The molecule has 2 N–H and O–H groups in total. The number of rotatable bonds is 3. The van der Waals surface area contributed by atoms with E-state index in [4.69, 9.17) is 0 Å². The number of carbonyl (C=O) groups is 1. The van der Waals surface area contributed by atoms with E-state index in [0.29, 0.717) is 6.42 Å². The molecule has 8 heteroatoms. The van der Waals surface area contributed by atoms with Crippen molar-refractivity contribution in [3.63, 3.8) is 0 Å². The number of imidazole rings is 1. The Balaban J connectivity index is 2.03. The molecule has 1 aromatic carbocycles. The van der Waals surface area contributed by atoms with Gasteiger partial charge in [0.25, 0.3) is 0 Å². The van der Waals surface area contributed by atoms with Crippen molar-refractivity contribution in [1.29, 1.82) is 0 Å². The fourth-order valence-electron chi connectivity index (χ4n) is 2.71. The minimum atomic E-state index is -3.74. The Morgan fingerprint density at radius 1 is 1.43 bits per heavy atom. The van der Waals surface area contributed by atoms with Gasteiger partial charge in [-0.3, -0.25) is 4.79 Å². The third kappa shape index (κ3) is 2.40. The minimum absolute atomic E-state index is 0.138. The van der Waals surface area contributed by atoms with Crippen molar-refractivity contribution in [2.24, 2.45) is 0 Å². The second-order valence-electron chi connectivity index (χ2n) is 5.10. The average molecular weight is 308 g/mol. The highest BCUT2D eigenvalue weighted by molar-refractivity contribution is 7.88. The monoisotopic (exact) mass is 308 g/mol. The Hall–Kier alpha value is -1.93. The average Bonchev–Trinajstić information content (AvgIpc) is 2.88. The smallest absolute Gasteiger partial charge is 0.304 e. The van der Waals surface area contributed by atoms with Crippen LogP contribution < -0.4 is 4.72 Å². The predicted molar refractivity (Wildman–Crippen MR) is 77.6 cm³/mol. The van der Waals surface area contributed by atoms with E-state index in [-0.39, 0.29) is 12.6 Å². The van der Waals surface area contributed by atoms with Crippen molar-refractivity contribution >= 4 is 27.1 Å². The van der Waals surface area contributed by atoms with Crippen molar-refractivity contribution in [3.8, 4) is 0 Å². The van der Waals surface area contributed by atoms with Crippen LogP contribution in [-0.4, -0.2) is 35.1 Å². The summed E-state index contributed by atoms with van der Waals surface area (Å²) < 4.78 is 27.2. The van der Waals surface area contributed by atoms with E-state index in [1.165, 1.54) is 4.31 Å². The third-order valence-electron chi connectivity index (χ3n) is 3.59. The molecular weight excluding hydrogens is 292 g/mol. The molecule has 1 fully saturated rings. The topological polar surface area (TPSA) is 95.2 Å². The summed E-state index contributed by atoms with van der Waals surface area (Å²) in [5, 5.41) is 0. The highest BCUT2D eigenvalue weighted by Gasteiger charge is 2.38. The minimum Gasteiger partial charge on any atom is -0.342 e. The number of hydrogen-bond donors (Lipinski definition) is 2. The number of amides is 1. The summed E-state index contributed by atoms with van der Waals surface area (Å²) in [6, 6.07) is 5.23. The van der Waals surface area contributed by atoms with Crippen molar-refractivity contribution in [1.82, 2.24) is 19.0 Å². The zero-order chi connectivity index (χ0) is 15.2. The van der Waals surface area contributed by atoms with E-state index >= 15 is 0 Å². The Bertz CT molecular complexity index is 812. The van der Waals surface area contributed by atoms with Gasteiger partial charge in [0.05, 0.1) is 23.6 Å². The molecule has 0 saturated carbocycles. The van der Waals surface area contributed by atoms with Crippen LogP contribution in [-0.2, 0) is 15.0 Å². The lowest BCUT2D eigenvalue weighted by Crippen LogP contribution is -2.33.